The molecule has 0 aromatic heterocycles. The lowest BCUT2D eigenvalue weighted by atomic mass is 10.0. The highest BCUT2D eigenvalue weighted by Gasteiger charge is 2.21. The van der Waals surface area contributed by atoms with E-state index in [0.29, 0.717) is 0 Å². The third-order valence-electron chi connectivity index (χ3n) is 13.9. The van der Waals surface area contributed by atoms with Crippen molar-refractivity contribution < 1.29 is 13.6 Å². The van der Waals surface area contributed by atoms with E-state index in [1.54, 1.807) is 0 Å². The minimum absolute atomic E-state index is 0.824. The van der Waals surface area contributed by atoms with E-state index < -0.39 is 8.60 Å². The Labute approximate surface area is 417 Å². The molecule has 3 aromatic rings. The van der Waals surface area contributed by atoms with Crippen LogP contribution in [0.25, 0.3) is 0 Å². The van der Waals surface area contributed by atoms with Crippen LogP contribution in [-0.4, -0.2) is 0 Å². The lowest BCUT2D eigenvalue weighted by Crippen LogP contribution is -2.03. The van der Waals surface area contributed by atoms with Crippen LogP contribution < -0.4 is 13.6 Å². The normalized spacial score (nSPS) is 11.5. The standard InChI is InChI=1S/C63H105O3P/c1-4-7-10-13-16-19-22-25-28-31-34-37-40-46-58-49-43-52-61(55-58)64-67(65-62-53-44-50-59(56-62)47-41-38-35-32-29-26-23-20-17-14-11-8-5-2)66-63-54-45-51-60(57-63)48-42-39-36-33-30-27-24-21-18-15-12-9-6-3/h43-45,49-57H,4-42,46-48H2,1-3H3. The zero-order valence-electron chi connectivity index (χ0n) is 44.3. The second-order valence-electron chi connectivity index (χ2n) is 20.4. The maximum absolute atomic E-state index is 6.65. The molecule has 0 saturated heterocycles. The monoisotopic (exact) mass is 941 g/mol. The molecule has 380 valence electrons. The molecule has 0 amide bonds. The smallest absolute Gasteiger partial charge is 0.408 e. The molecule has 3 aromatic carbocycles. The van der Waals surface area contributed by atoms with Gasteiger partial charge in [0.1, 0.15) is 17.2 Å². The predicted molar refractivity (Wildman–Crippen MR) is 296 cm³/mol. The number of aryl methyl sites for hydroxylation is 3. The van der Waals surface area contributed by atoms with Crippen LogP contribution in [0.1, 0.15) is 288 Å². The Bertz CT molecular complexity index is 1340. The quantitative estimate of drug-likeness (QED) is 0.0417. The zero-order valence-corrected chi connectivity index (χ0v) is 45.2. The van der Waals surface area contributed by atoms with E-state index in [2.05, 4.69) is 93.6 Å². The van der Waals surface area contributed by atoms with Crippen molar-refractivity contribution in [3.05, 3.63) is 89.5 Å². The molecule has 0 saturated carbocycles. The largest absolute Gasteiger partial charge is 0.530 e. The number of hydrogen-bond donors (Lipinski definition) is 0. The van der Waals surface area contributed by atoms with Crippen molar-refractivity contribution in [1.82, 2.24) is 0 Å². The van der Waals surface area contributed by atoms with E-state index in [0.717, 1.165) is 36.5 Å². The lowest BCUT2D eigenvalue weighted by molar-refractivity contribution is 0.387. The van der Waals surface area contributed by atoms with Gasteiger partial charge in [-0.1, -0.05) is 288 Å². The summed E-state index contributed by atoms with van der Waals surface area (Å²) in [7, 11) is -1.72. The van der Waals surface area contributed by atoms with Gasteiger partial charge < -0.3 is 13.6 Å². The molecule has 0 unspecified atom stereocenters. The van der Waals surface area contributed by atoms with Gasteiger partial charge in [0.05, 0.1) is 0 Å². The topological polar surface area (TPSA) is 27.7 Å². The van der Waals surface area contributed by atoms with Crippen molar-refractivity contribution in [1.29, 1.82) is 0 Å². The Kier molecular flexibility index (Phi) is 38.2. The summed E-state index contributed by atoms with van der Waals surface area (Å²) in [5.41, 5.74) is 3.99. The Morgan fingerprint density at radius 3 is 0.657 bits per heavy atom. The highest BCUT2D eigenvalue weighted by atomic mass is 31.2. The summed E-state index contributed by atoms with van der Waals surface area (Å²) < 4.78 is 19.9. The molecule has 0 N–H and O–H groups in total. The van der Waals surface area contributed by atoms with Crippen molar-refractivity contribution in [3.8, 4) is 17.2 Å². The molecule has 0 spiro atoms. The number of unbranched alkanes of at least 4 members (excludes halogenated alkanes) is 36. The molecule has 3 rings (SSSR count). The van der Waals surface area contributed by atoms with Gasteiger partial charge in [-0.05, 0) is 91.6 Å². The minimum atomic E-state index is -1.72. The van der Waals surface area contributed by atoms with Gasteiger partial charge in [-0.15, -0.1) is 0 Å². The Morgan fingerprint density at radius 1 is 0.254 bits per heavy atom. The van der Waals surface area contributed by atoms with Crippen LogP contribution in [0.3, 0.4) is 0 Å². The molecule has 3 nitrogen and oxygen atoms in total. The molecule has 0 heterocycles. The van der Waals surface area contributed by atoms with Gasteiger partial charge in [0.15, 0.2) is 0 Å². The maximum Gasteiger partial charge on any atom is 0.530 e. The number of hydrogen-bond acceptors (Lipinski definition) is 3. The predicted octanol–water partition coefficient (Wildman–Crippen LogP) is 22.4. The summed E-state index contributed by atoms with van der Waals surface area (Å²) in [6.07, 6.45) is 57.1. The maximum atomic E-state index is 6.65. The van der Waals surface area contributed by atoms with E-state index in [1.165, 1.54) is 267 Å². The van der Waals surface area contributed by atoms with E-state index in [9.17, 15) is 0 Å². The van der Waals surface area contributed by atoms with Gasteiger partial charge in [0.25, 0.3) is 0 Å². The molecule has 0 fully saturated rings. The molecule has 0 radical (unpaired) electrons. The van der Waals surface area contributed by atoms with E-state index in [1.807, 2.05) is 0 Å². The number of rotatable bonds is 48. The second-order valence-corrected chi connectivity index (χ2v) is 21.4. The lowest BCUT2D eigenvalue weighted by Gasteiger charge is -2.19. The van der Waals surface area contributed by atoms with Crippen molar-refractivity contribution in [2.75, 3.05) is 0 Å². The van der Waals surface area contributed by atoms with Crippen molar-refractivity contribution in [2.24, 2.45) is 0 Å². The summed E-state index contributed by atoms with van der Waals surface area (Å²) >= 11 is 0. The fourth-order valence-electron chi connectivity index (χ4n) is 9.63. The zero-order chi connectivity index (χ0) is 47.3. The SMILES string of the molecule is CCCCCCCCCCCCCCCc1cccc(OP(Oc2cccc(CCCCCCCCCCCCCCC)c2)Oc2cccc(CCCCCCCCCCCCCCC)c2)c1. The van der Waals surface area contributed by atoms with E-state index in [4.69, 9.17) is 13.6 Å². The van der Waals surface area contributed by atoms with Gasteiger partial charge in [-0.25, -0.2) is 0 Å². The molecule has 0 atom stereocenters. The molecule has 0 bridgehead atoms. The van der Waals surface area contributed by atoms with E-state index >= 15 is 0 Å². The molecule has 0 aliphatic carbocycles. The van der Waals surface area contributed by atoms with Crippen LogP contribution >= 0.6 is 8.60 Å². The third-order valence-corrected chi connectivity index (χ3v) is 15.0. The minimum Gasteiger partial charge on any atom is -0.408 e. The first-order valence-electron chi connectivity index (χ1n) is 29.3. The van der Waals surface area contributed by atoms with Crippen molar-refractivity contribution in [2.45, 2.75) is 290 Å². The average molecular weight is 942 g/mol. The fraction of sp³-hybridized carbons (Fsp3) is 0.714. The average Bonchev–Trinajstić information content (AvgIpc) is 3.34. The molecule has 0 aliphatic rings. The van der Waals surface area contributed by atoms with Gasteiger partial charge in [0.2, 0.25) is 0 Å². The van der Waals surface area contributed by atoms with Gasteiger partial charge in [-0.3, -0.25) is 0 Å². The first kappa shape index (κ1) is 58.8. The molecule has 0 aliphatic heterocycles. The highest BCUT2D eigenvalue weighted by Crippen LogP contribution is 2.43. The first-order valence-corrected chi connectivity index (χ1v) is 30.4. The highest BCUT2D eigenvalue weighted by molar-refractivity contribution is 7.43. The molecular weight excluding hydrogens is 836 g/mol. The van der Waals surface area contributed by atoms with Gasteiger partial charge in [0, 0.05) is 0 Å². The fourth-order valence-corrected chi connectivity index (χ4v) is 10.6. The van der Waals surface area contributed by atoms with Gasteiger partial charge in [-0.2, -0.15) is 0 Å². The van der Waals surface area contributed by atoms with E-state index in [-0.39, 0.29) is 0 Å². The Balaban J connectivity index is 1.46. The molecular formula is C63H105O3P. The van der Waals surface area contributed by atoms with Crippen LogP contribution in [0, 0.1) is 0 Å². The second kappa shape index (κ2) is 43.5. The Morgan fingerprint density at radius 2 is 0.448 bits per heavy atom. The summed E-state index contributed by atoms with van der Waals surface area (Å²) in [5.74, 6) is 2.47. The van der Waals surface area contributed by atoms with Crippen molar-refractivity contribution in [3.63, 3.8) is 0 Å². The summed E-state index contributed by atoms with van der Waals surface area (Å²) in [6.45, 7) is 6.90. The summed E-state index contributed by atoms with van der Waals surface area (Å²) in [5, 5.41) is 0. The first-order chi connectivity index (χ1) is 33.2. The van der Waals surface area contributed by atoms with Crippen LogP contribution in [0.15, 0.2) is 72.8 Å². The van der Waals surface area contributed by atoms with Crippen LogP contribution in [0.2, 0.25) is 0 Å². The van der Waals surface area contributed by atoms with Crippen molar-refractivity contribution >= 4 is 8.60 Å². The van der Waals surface area contributed by atoms with Crippen LogP contribution in [-0.2, 0) is 19.3 Å². The van der Waals surface area contributed by atoms with Crippen LogP contribution in [0.5, 0.6) is 17.2 Å². The third kappa shape index (κ3) is 33.6. The molecule has 67 heavy (non-hydrogen) atoms. The molecule has 4 heteroatoms. The number of benzene rings is 3. The van der Waals surface area contributed by atoms with Crippen LogP contribution in [0.4, 0.5) is 0 Å². The summed E-state index contributed by atoms with van der Waals surface area (Å²) in [4.78, 5) is 0. The Hall–Kier alpha value is -2.51. The van der Waals surface area contributed by atoms with Gasteiger partial charge >= 0.3 is 8.60 Å². The summed E-state index contributed by atoms with van der Waals surface area (Å²) in [6, 6.07) is 25.9.